The molecule has 6 heteroatoms. The van der Waals surface area contributed by atoms with Crippen molar-refractivity contribution in [3.05, 3.63) is 164 Å². The van der Waals surface area contributed by atoms with Crippen LogP contribution < -0.4 is 0 Å². The molecule has 2 unspecified atom stereocenters. The van der Waals surface area contributed by atoms with Gasteiger partial charge in [0, 0.05) is 0 Å². The first kappa shape index (κ1) is 39.4. The number of fused-ring (bicyclic) bond motifs is 2. The van der Waals surface area contributed by atoms with Gasteiger partial charge in [0.15, 0.2) is 0 Å². The zero-order valence-electron chi connectivity index (χ0n) is 34.4. The zero-order chi connectivity index (χ0) is 39.9. The fourth-order valence-electron chi connectivity index (χ4n) is 9.44. The minimum absolute atomic E-state index is 0.219. The van der Waals surface area contributed by atoms with Crippen molar-refractivity contribution in [3.63, 3.8) is 0 Å². The van der Waals surface area contributed by atoms with Crippen LogP contribution in [0.1, 0.15) is 99.8 Å². The molecule has 0 spiro atoms. The van der Waals surface area contributed by atoms with Crippen molar-refractivity contribution in [3.8, 4) is 22.3 Å². The molecule has 6 aromatic rings. The first-order valence-corrected chi connectivity index (χ1v) is 35.4. The topological polar surface area (TPSA) is 26.3 Å². The second-order valence-corrected chi connectivity index (χ2v) is 55.3. The summed E-state index contributed by atoms with van der Waals surface area (Å²) in [5, 5.41) is 0. The van der Waals surface area contributed by atoms with Crippen LogP contribution in [-0.2, 0) is 27.9 Å². The molecule has 2 nitrogen and oxygen atoms in total. The summed E-state index contributed by atoms with van der Waals surface area (Å²) in [6, 6.07) is 31.7. The van der Waals surface area contributed by atoms with Crippen molar-refractivity contribution in [1.29, 1.82) is 0 Å². The Kier molecular flexibility index (Phi) is 10.2. The summed E-state index contributed by atoms with van der Waals surface area (Å²) in [6.45, 7) is 21.9. The Morgan fingerprint density at radius 2 is 0.929 bits per heavy atom. The summed E-state index contributed by atoms with van der Waals surface area (Å²) >= 11 is -5.40. The SMILES string of the molecule is CCc1ccc2c(c1-c1ccc(C)cc1)C=C(c1cc(C)c(C)o1)[CH]2[Zr]([Cl])([Cl])([CH]1C(c2cc(C)c(C)o2)=Cc2c1ccc(CC)c2-c1ccc(C)cc1)=[Si](C)C. The Hall–Kier alpha value is -3.40. The van der Waals surface area contributed by atoms with Gasteiger partial charge < -0.3 is 0 Å². The van der Waals surface area contributed by atoms with Gasteiger partial charge in [-0.05, 0) is 0 Å². The Bertz CT molecular complexity index is 2480. The maximum atomic E-state index is 9.02. The van der Waals surface area contributed by atoms with Gasteiger partial charge in [0.05, 0.1) is 0 Å². The van der Waals surface area contributed by atoms with Gasteiger partial charge in [0.2, 0.25) is 0 Å². The zero-order valence-corrected chi connectivity index (χ0v) is 39.3. The molecule has 286 valence electrons. The summed E-state index contributed by atoms with van der Waals surface area (Å²) < 4.78 is 13.0. The van der Waals surface area contributed by atoms with Crippen LogP contribution in [0.5, 0.6) is 0 Å². The molecule has 0 radical (unpaired) electrons. The van der Waals surface area contributed by atoms with Crippen LogP contribution in [-0.4, -0.2) is 5.43 Å². The third-order valence-corrected chi connectivity index (χ3v) is 59.2. The van der Waals surface area contributed by atoms with Crippen LogP contribution >= 0.6 is 17.0 Å². The fourth-order valence-corrected chi connectivity index (χ4v) is 37.1. The second-order valence-electron chi connectivity index (χ2n) is 16.6. The van der Waals surface area contributed by atoms with E-state index in [0.717, 1.165) is 58.2 Å². The van der Waals surface area contributed by atoms with E-state index in [2.05, 4.69) is 166 Å². The molecule has 56 heavy (non-hydrogen) atoms. The molecule has 0 aliphatic heterocycles. The molecule has 0 amide bonds. The molecule has 2 aliphatic carbocycles. The molecule has 2 atom stereocenters. The molecule has 0 N–H and O–H groups in total. The van der Waals surface area contributed by atoms with E-state index in [1.165, 1.54) is 66.8 Å². The van der Waals surface area contributed by atoms with Gasteiger partial charge in [-0.3, -0.25) is 0 Å². The van der Waals surface area contributed by atoms with E-state index in [4.69, 9.17) is 25.9 Å². The van der Waals surface area contributed by atoms with Crippen LogP contribution in [0, 0.1) is 41.5 Å². The third-order valence-electron chi connectivity index (χ3n) is 12.9. The molecule has 2 aliphatic rings. The fraction of sp³-hybridized carbons (Fsp3) is 0.280. The Labute approximate surface area is 341 Å². The molecule has 8 rings (SSSR count). The van der Waals surface area contributed by atoms with E-state index in [9.17, 15) is 0 Å². The van der Waals surface area contributed by atoms with Crippen molar-refractivity contribution in [1.82, 2.24) is 0 Å². The number of halogens is 2. The van der Waals surface area contributed by atoms with Crippen molar-refractivity contribution >= 4 is 45.8 Å². The molecule has 0 bridgehead atoms. The van der Waals surface area contributed by atoms with Crippen LogP contribution in [0.15, 0.2) is 93.8 Å². The van der Waals surface area contributed by atoms with Crippen LogP contribution in [0.4, 0.5) is 0 Å². The van der Waals surface area contributed by atoms with Crippen molar-refractivity contribution < 1.29 is 23.8 Å². The van der Waals surface area contributed by atoms with E-state index in [1.807, 2.05) is 0 Å². The maximum absolute atomic E-state index is 9.02. The van der Waals surface area contributed by atoms with Crippen molar-refractivity contribution in [2.24, 2.45) is 0 Å². The van der Waals surface area contributed by atoms with E-state index >= 15 is 0 Å². The molecule has 0 fully saturated rings. The predicted molar refractivity (Wildman–Crippen MR) is 239 cm³/mol. The summed E-state index contributed by atoms with van der Waals surface area (Å²) in [6.07, 6.45) is 6.62. The van der Waals surface area contributed by atoms with E-state index in [1.54, 1.807) is 0 Å². The average Bonchev–Trinajstić information content (AvgIpc) is 3.94. The van der Waals surface area contributed by atoms with E-state index < -0.39 is 20.4 Å². The summed E-state index contributed by atoms with van der Waals surface area (Å²) in [7, 11) is 18.0. The molecule has 4 aromatic carbocycles. The number of aryl methyl sites for hydroxylation is 8. The monoisotopic (exact) mass is 872 g/mol. The first-order chi connectivity index (χ1) is 26.6. The quantitative estimate of drug-likeness (QED) is 0.142. The van der Waals surface area contributed by atoms with Crippen LogP contribution in [0.2, 0.25) is 13.1 Å². The normalized spacial score (nSPS) is 16.5. The van der Waals surface area contributed by atoms with Crippen LogP contribution in [0.3, 0.4) is 0 Å². The Morgan fingerprint density at radius 3 is 1.23 bits per heavy atom. The summed E-state index contributed by atoms with van der Waals surface area (Å²) in [5.41, 5.74) is 18.0. The first-order valence-electron chi connectivity index (χ1n) is 20.1. The molecular formula is C50H52Cl2O2SiZr. The predicted octanol–water partition coefficient (Wildman–Crippen LogP) is 15.3. The molecule has 2 aromatic heterocycles. The molecule has 0 saturated carbocycles. The number of rotatable bonds is 8. The van der Waals surface area contributed by atoms with Crippen molar-refractivity contribution in [2.75, 3.05) is 0 Å². The Balaban J connectivity index is 1.48. The van der Waals surface area contributed by atoms with Gasteiger partial charge >= 0.3 is 344 Å². The Morgan fingerprint density at radius 1 is 0.554 bits per heavy atom. The number of benzene rings is 4. The molecule has 0 saturated heterocycles. The van der Waals surface area contributed by atoms with Gasteiger partial charge in [-0.25, -0.2) is 0 Å². The van der Waals surface area contributed by atoms with Gasteiger partial charge in [-0.2, -0.15) is 0 Å². The van der Waals surface area contributed by atoms with Gasteiger partial charge in [0.1, 0.15) is 0 Å². The summed E-state index contributed by atoms with van der Waals surface area (Å²) in [4.78, 5) is 0. The van der Waals surface area contributed by atoms with Crippen LogP contribution in [0.25, 0.3) is 45.6 Å². The van der Waals surface area contributed by atoms with E-state index in [-0.39, 0.29) is 7.25 Å². The molecule has 2 heterocycles. The number of hydrogen-bond donors (Lipinski definition) is 0. The standard InChI is InChI=1S/2C24H23O.C2H6Si.2ClH.Zr/c2*1-5-18-10-11-20-13-21(23-12-16(3)17(4)25-23)14-22(20)24(18)19-8-6-15(2)7-9-19;1-3-2;;;/h2*6-14H,5H2,1-4H3;1-2H3;2*1H;/q;;;;;+2/p-2. The van der Waals surface area contributed by atoms with Gasteiger partial charge in [-0.15, -0.1) is 0 Å². The van der Waals surface area contributed by atoms with Crippen molar-refractivity contribution in [2.45, 2.75) is 88.6 Å². The second kappa shape index (κ2) is 14.5. The minimum atomic E-state index is -5.40. The number of allylic oxidation sites excluding steroid dienone is 2. The molecular weight excluding hydrogens is 823 g/mol. The number of furan rings is 2. The van der Waals surface area contributed by atoms with E-state index in [0.29, 0.717) is 0 Å². The number of hydrogen-bond acceptors (Lipinski definition) is 2. The summed E-state index contributed by atoms with van der Waals surface area (Å²) in [5.74, 6) is 3.58. The average molecular weight is 875 g/mol. The van der Waals surface area contributed by atoms with Gasteiger partial charge in [0.25, 0.3) is 0 Å². The third kappa shape index (κ3) is 6.12. The van der Waals surface area contributed by atoms with Gasteiger partial charge in [-0.1, -0.05) is 0 Å².